The number of likely N-dealkylation sites (tertiary alicyclic amines) is 1. The highest BCUT2D eigenvalue weighted by Crippen LogP contribution is 2.16. The van der Waals surface area contributed by atoms with Gasteiger partial charge in [-0.05, 0) is 42.7 Å². The van der Waals surface area contributed by atoms with Gasteiger partial charge in [0.2, 0.25) is 15.9 Å². The standard InChI is InChI=1S/C22H28FN3O3S/c1-25(30(28,29)21-11-9-19(23)10-12-21)14-5-8-22(27)24-20-13-15-26(17-20)16-18-6-3-2-4-7-18/h2-4,6-7,9-12,20H,5,8,13-17H2,1H3,(H,24,27). The van der Waals surface area contributed by atoms with E-state index in [0.29, 0.717) is 6.42 Å². The molecule has 6 nitrogen and oxygen atoms in total. The first-order valence-corrected chi connectivity index (χ1v) is 11.6. The van der Waals surface area contributed by atoms with Gasteiger partial charge in [0.1, 0.15) is 5.82 Å². The number of hydrogen-bond acceptors (Lipinski definition) is 4. The minimum atomic E-state index is -3.68. The number of hydrogen-bond donors (Lipinski definition) is 1. The number of carbonyl (C=O) groups is 1. The van der Waals surface area contributed by atoms with Gasteiger partial charge in [0, 0.05) is 45.7 Å². The van der Waals surface area contributed by atoms with E-state index in [0.717, 1.165) is 38.2 Å². The maximum Gasteiger partial charge on any atom is 0.242 e. The van der Waals surface area contributed by atoms with Gasteiger partial charge >= 0.3 is 0 Å². The smallest absolute Gasteiger partial charge is 0.242 e. The van der Waals surface area contributed by atoms with Gasteiger partial charge in [-0.1, -0.05) is 30.3 Å². The third kappa shape index (κ3) is 6.10. The molecule has 1 aliphatic rings. The molecule has 1 saturated heterocycles. The van der Waals surface area contributed by atoms with Crippen LogP contribution in [0.1, 0.15) is 24.8 Å². The van der Waals surface area contributed by atoms with Gasteiger partial charge in [0.05, 0.1) is 4.90 Å². The molecule has 1 N–H and O–H groups in total. The monoisotopic (exact) mass is 433 g/mol. The highest BCUT2D eigenvalue weighted by molar-refractivity contribution is 7.89. The Bertz CT molecular complexity index is 936. The summed E-state index contributed by atoms with van der Waals surface area (Å²) in [4.78, 5) is 14.6. The van der Waals surface area contributed by atoms with Crippen LogP contribution in [0, 0.1) is 5.82 Å². The lowest BCUT2D eigenvalue weighted by molar-refractivity contribution is -0.121. The highest BCUT2D eigenvalue weighted by atomic mass is 32.2. The topological polar surface area (TPSA) is 69.7 Å². The summed E-state index contributed by atoms with van der Waals surface area (Å²) in [5.41, 5.74) is 1.26. The third-order valence-corrected chi connectivity index (χ3v) is 7.16. The van der Waals surface area contributed by atoms with Crippen molar-refractivity contribution >= 4 is 15.9 Å². The summed E-state index contributed by atoms with van der Waals surface area (Å²) in [5.74, 6) is -0.545. The molecule has 0 bridgehead atoms. The van der Waals surface area contributed by atoms with Crippen LogP contribution >= 0.6 is 0 Å². The van der Waals surface area contributed by atoms with Crippen LogP contribution in [0.4, 0.5) is 4.39 Å². The van der Waals surface area contributed by atoms with Gasteiger partial charge < -0.3 is 5.32 Å². The second-order valence-electron chi connectivity index (χ2n) is 7.66. The summed E-state index contributed by atoms with van der Waals surface area (Å²) >= 11 is 0. The van der Waals surface area contributed by atoms with E-state index < -0.39 is 15.8 Å². The van der Waals surface area contributed by atoms with Crippen molar-refractivity contribution in [2.75, 3.05) is 26.7 Å². The number of carbonyl (C=O) groups excluding carboxylic acids is 1. The number of benzene rings is 2. The summed E-state index contributed by atoms with van der Waals surface area (Å²) < 4.78 is 39.2. The Morgan fingerprint density at radius 3 is 2.57 bits per heavy atom. The zero-order chi connectivity index (χ0) is 21.6. The first kappa shape index (κ1) is 22.4. The SMILES string of the molecule is CN(CCCC(=O)NC1CCN(Cc2ccccc2)C1)S(=O)(=O)c1ccc(F)cc1. The molecule has 2 aromatic rings. The number of nitrogens with one attached hydrogen (secondary N) is 1. The van der Waals surface area contributed by atoms with Crippen LogP contribution in [-0.2, 0) is 21.4 Å². The molecule has 0 saturated carbocycles. The van der Waals surface area contributed by atoms with Crippen LogP contribution in [0.5, 0.6) is 0 Å². The van der Waals surface area contributed by atoms with E-state index in [4.69, 9.17) is 0 Å². The lowest BCUT2D eigenvalue weighted by Gasteiger charge is -2.18. The van der Waals surface area contributed by atoms with Gasteiger partial charge in [-0.3, -0.25) is 9.69 Å². The third-order valence-electron chi connectivity index (χ3n) is 5.29. The second kappa shape index (κ2) is 10.1. The molecule has 0 spiro atoms. The maximum absolute atomic E-state index is 13.0. The van der Waals surface area contributed by atoms with Crippen LogP contribution in [0.2, 0.25) is 0 Å². The fourth-order valence-electron chi connectivity index (χ4n) is 3.60. The Hall–Kier alpha value is -2.29. The molecule has 1 amide bonds. The molecule has 3 rings (SSSR count). The predicted octanol–water partition coefficient (Wildman–Crippen LogP) is 2.62. The number of halogens is 1. The van der Waals surface area contributed by atoms with Gasteiger partial charge in [0.15, 0.2) is 0 Å². The van der Waals surface area contributed by atoms with Gasteiger partial charge in [0.25, 0.3) is 0 Å². The number of nitrogens with zero attached hydrogens (tertiary/aromatic N) is 2. The molecule has 1 fully saturated rings. The van der Waals surface area contributed by atoms with Crippen molar-refractivity contribution in [1.82, 2.24) is 14.5 Å². The lowest BCUT2D eigenvalue weighted by atomic mass is 10.2. The molecule has 0 aliphatic carbocycles. The average Bonchev–Trinajstić information content (AvgIpc) is 3.15. The molecular formula is C22H28FN3O3S. The zero-order valence-electron chi connectivity index (χ0n) is 17.1. The Morgan fingerprint density at radius 1 is 1.17 bits per heavy atom. The van der Waals surface area contributed by atoms with E-state index in [9.17, 15) is 17.6 Å². The van der Waals surface area contributed by atoms with E-state index in [1.165, 1.54) is 29.0 Å². The molecule has 1 heterocycles. The van der Waals surface area contributed by atoms with E-state index in [-0.39, 0.29) is 29.8 Å². The zero-order valence-corrected chi connectivity index (χ0v) is 17.9. The average molecular weight is 434 g/mol. The van der Waals surface area contributed by atoms with E-state index in [1.807, 2.05) is 18.2 Å². The first-order chi connectivity index (χ1) is 14.3. The Labute approximate surface area is 177 Å². The Kier molecular flexibility index (Phi) is 7.58. The molecule has 1 atom stereocenters. The van der Waals surface area contributed by atoms with Crippen LogP contribution < -0.4 is 5.32 Å². The van der Waals surface area contributed by atoms with Crippen molar-refractivity contribution in [2.24, 2.45) is 0 Å². The molecule has 0 radical (unpaired) electrons. The van der Waals surface area contributed by atoms with E-state index in [1.54, 1.807) is 0 Å². The summed E-state index contributed by atoms with van der Waals surface area (Å²) in [6.07, 6.45) is 1.60. The van der Waals surface area contributed by atoms with Gasteiger partial charge in [-0.15, -0.1) is 0 Å². The molecule has 1 unspecified atom stereocenters. The number of amides is 1. The molecule has 0 aromatic heterocycles. The molecule has 30 heavy (non-hydrogen) atoms. The van der Waals surface area contributed by atoms with Crippen LogP contribution in [0.15, 0.2) is 59.5 Å². The van der Waals surface area contributed by atoms with E-state index in [2.05, 4.69) is 22.3 Å². The number of rotatable bonds is 9. The molecular weight excluding hydrogens is 405 g/mol. The summed E-state index contributed by atoms with van der Waals surface area (Å²) in [7, 11) is -2.22. The predicted molar refractivity (Wildman–Crippen MR) is 114 cm³/mol. The van der Waals surface area contributed by atoms with Gasteiger partial charge in [-0.2, -0.15) is 0 Å². The Morgan fingerprint density at radius 2 is 1.87 bits per heavy atom. The summed E-state index contributed by atoms with van der Waals surface area (Å²) in [5, 5.41) is 3.05. The maximum atomic E-state index is 13.0. The highest BCUT2D eigenvalue weighted by Gasteiger charge is 2.24. The molecule has 162 valence electrons. The molecule has 2 aromatic carbocycles. The van der Waals surface area contributed by atoms with Crippen LogP contribution in [0.3, 0.4) is 0 Å². The fourth-order valence-corrected chi connectivity index (χ4v) is 4.81. The van der Waals surface area contributed by atoms with Crippen LogP contribution in [0.25, 0.3) is 0 Å². The second-order valence-corrected chi connectivity index (χ2v) is 9.70. The van der Waals surface area contributed by atoms with Crippen molar-refractivity contribution in [3.8, 4) is 0 Å². The van der Waals surface area contributed by atoms with Crippen LogP contribution in [-0.4, -0.2) is 56.3 Å². The quantitative estimate of drug-likeness (QED) is 0.660. The number of sulfonamides is 1. The Balaban J connectivity index is 1.39. The summed E-state index contributed by atoms with van der Waals surface area (Å²) in [6, 6.07) is 15.1. The largest absolute Gasteiger partial charge is 0.352 e. The molecule has 1 aliphatic heterocycles. The first-order valence-electron chi connectivity index (χ1n) is 10.1. The molecule has 8 heteroatoms. The lowest BCUT2D eigenvalue weighted by Crippen LogP contribution is -2.37. The summed E-state index contributed by atoms with van der Waals surface area (Å²) in [6.45, 7) is 2.86. The minimum absolute atomic E-state index is 0.0420. The van der Waals surface area contributed by atoms with E-state index >= 15 is 0 Å². The van der Waals surface area contributed by atoms with Crippen molar-refractivity contribution in [3.63, 3.8) is 0 Å². The van der Waals surface area contributed by atoms with Crippen molar-refractivity contribution in [1.29, 1.82) is 0 Å². The minimum Gasteiger partial charge on any atom is -0.352 e. The van der Waals surface area contributed by atoms with Crippen molar-refractivity contribution in [3.05, 3.63) is 66.0 Å². The normalized spacial score (nSPS) is 17.4. The van der Waals surface area contributed by atoms with Crippen molar-refractivity contribution < 1.29 is 17.6 Å². The van der Waals surface area contributed by atoms with Crippen molar-refractivity contribution in [2.45, 2.75) is 36.7 Å². The fraction of sp³-hybridized carbons (Fsp3) is 0.409. The van der Waals surface area contributed by atoms with Gasteiger partial charge in [-0.25, -0.2) is 17.1 Å².